The van der Waals surface area contributed by atoms with E-state index in [1.165, 1.54) is 12.1 Å². The van der Waals surface area contributed by atoms with Crippen molar-refractivity contribution in [2.45, 2.75) is 32.5 Å². The third-order valence-corrected chi connectivity index (χ3v) is 4.66. The molecular weight excluding hydrogens is 433 g/mol. The summed E-state index contributed by atoms with van der Waals surface area (Å²) in [5.74, 6) is -0.0375. The SMILES string of the molecule is CCCC(=O)NCc1ccc(Cl)c(-c2nc(O)nc(-c3ccc(C(F)(F)F)cc3)n2)c1. The molecule has 6 nitrogen and oxygen atoms in total. The molecule has 0 fully saturated rings. The minimum Gasteiger partial charge on any atom is -0.479 e. The summed E-state index contributed by atoms with van der Waals surface area (Å²) < 4.78 is 38.4. The van der Waals surface area contributed by atoms with Gasteiger partial charge in [-0.2, -0.15) is 23.1 Å². The van der Waals surface area contributed by atoms with Crippen LogP contribution in [0.2, 0.25) is 5.02 Å². The average Bonchev–Trinajstić information content (AvgIpc) is 2.72. The fourth-order valence-corrected chi connectivity index (χ4v) is 2.99. The maximum absolute atomic E-state index is 12.8. The molecule has 3 rings (SSSR count). The molecule has 0 radical (unpaired) electrons. The molecule has 0 saturated carbocycles. The van der Waals surface area contributed by atoms with Gasteiger partial charge in [-0.3, -0.25) is 4.79 Å². The summed E-state index contributed by atoms with van der Waals surface area (Å²) in [4.78, 5) is 23.7. The highest BCUT2D eigenvalue weighted by atomic mass is 35.5. The van der Waals surface area contributed by atoms with Crippen LogP contribution in [0.15, 0.2) is 42.5 Å². The zero-order chi connectivity index (χ0) is 22.6. The van der Waals surface area contributed by atoms with Crippen LogP contribution in [0, 0.1) is 0 Å². The summed E-state index contributed by atoms with van der Waals surface area (Å²) in [6, 6.07) is 8.64. The van der Waals surface area contributed by atoms with E-state index in [2.05, 4.69) is 20.3 Å². The van der Waals surface area contributed by atoms with E-state index < -0.39 is 17.8 Å². The van der Waals surface area contributed by atoms with E-state index >= 15 is 0 Å². The number of hydrogen-bond acceptors (Lipinski definition) is 5. The van der Waals surface area contributed by atoms with Crippen molar-refractivity contribution in [3.8, 4) is 28.8 Å². The Morgan fingerprint density at radius 1 is 1.06 bits per heavy atom. The fourth-order valence-electron chi connectivity index (χ4n) is 2.79. The topological polar surface area (TPSA) is 88.0 Å². The first-order valence-electron chi connectivity index (χ1n) is 9.35. The number of alkyl halides is 3. The number of carbonyl (C=O) groups is 1. The van der Waals surface area contributed by atoms with Crippen molar-refractivity contribution in [3.05, 3.63) is 58.6 Å². The highest BCUT2D eigenvalue weighted by Crippen LogP contribution is 2.32. The first kappa shape index (κ1) is 22.5. The Morgan fingerprint density at radius 2 is 1.74 bits per heavy atom. The van der Waals surface area contributed by atoms with Gasteiger partial charge in [-0.1, -0.05) is 36.7 Å². The highest BCUT2D eigenvalue weighted by molar-refractivity contribution is 6.33. The summed E-state index contributed by atoms with van der Waals surface area (Å²) >= 11 is 6.27. The molecule has 0 atom stereocenters. The third-order valence-electron chi connectivity index (χ3n) is 4.33. The lowest BCUT2D eigenvalue weighted by molar-refractivity contribution is -0.137. The van der Waals surface area contributed by atoms with Crippen LogP contribution in [-0.2, 0) is 17.5 Å². The summed E-state index contributed by atoms with van der Waals surface area (Å²) in [6.45, 7) is 2.17. The molecule has 0 unspecified atom stereocenters. The van der Waals surface area contributed by atoms with Gasteiger partial charge < -0.3 is 10.4 Å². The summed E-state index contributed by atoms with van der Waals surface area (Å²) in [5.41, 5.74) is 0.580. The van der Waals surface area contributed by atoms with Crippen LogP contribution >= 0.6 is 11.6 Å². The molecule has 1 heterocycles. The summed E-state index contributed by atoms with van der Waals surface area (Å²) in [7, 11) is 0. The lowest BCUT2D eigenvalue weighted by atomic mass is 10.1. The van der Waals surface area contributed by atoms with Gasteiger partial charge in [0, 0.05) is 24.1 Å². The van der Waals surface area contributed by atoms with E-state index in [1.807, 2.05) is 6.92 Å². The monoisotopic (exact) mass is 450 g/mol. The Morgan fingerprint density at radius 3 is 2.39 bits per heavy atom. The third kappa shape index (κ3) is 5.69. The van der Waals surface area contributed by atoms with Gasteiger partial charge in [-0.25, -0.2) is 4.98 Å². The molecule has 1 aromatic heterocycles. The Labute approximate surface area is 181 Å². The average molecular weight is 451 g/mol. The number of carbonyl (C=O) groups excluding carboxylic acids is 1. The van der Waals surface area contributed by atoms with Crippen molar-refractivity contribution in [2.24, 2.45) is 0 Å². The van der Waals surface area contributed by atoms with Crippen molar-refractivity contribution in [1.29, 1.82) is 0 Å². The quantitative estimate of drug-likeness (QED) is 0.551. The molecule has 2 aromatic carbocycles. The smallest absolute Gasteiger partial charge is 0.416 e. The molecule has 0 aliphatic rings. The van der Waals surface area contributed by atoms with Gasteiger partial charge in [0.1, 0.15) is 0 Å². The maximum atomic E-state index is 12.8. The molecule has 0 bridgehead atoms. The Kier molecular flexibility index (Phi) is 6.74. The highest BCUT2D eigenvalue weighted by Gasteiger charge is 2.30. The second kappa shape index (κ2) is 9.30. The van der Waals surface area contributed by atoms with Gasteiger partial charge in [0.15, 0.2) is 11.6 Å². The number of aromatic nitrogens is 3. The van der Waals surface area contributed by atoms with E-state index in [0.29, 0.717) is 17.0 Å². The largest absolute Gasteiger partial charge is 0.479 e. The first-order valence-corrected chi connectivity index (χ1v) is 9.73. The van der Waals surface area contributed by atoms with Gasteiger partial charge in [0.25, 0.3) is 0 Å². The molecule has 1 amide bonds. The molecular formula is C21H18ClF3N4O2. The Balaban J connectivity index is 1.92. The van der Waals surface area contributed by atoms with Gasteiger partial charge >= 0.3 is 12.2 Å². The van der Waals surface area contributed by atoms with E-state index in [1.54, 1.807) is 18.2 Å². The number of halogens is 4. The minimum atomic E-state index is -4.47. The number of benzene rings is 2. The van der Waals surface area contributed by atoms with E-state index in [0.717, 1.165) is 24.1 Å². The molecule has 3 aromatic rings. The van der Waals surface area contributed by atoms with Crippen LogP contribution in [0.1, 0.15) is 30.9 Å². The van der Waals surface area contributed by atoms with Gasteiger partial charge in [-0.15, -0.1) is 0 Å². The number of hydrogen-bond donors (Lipinski definition) is 2. The molecule has 31 heavy (non-hydrogen) atoms. The minimum absolute atomic E-state index is 0.00561. The van der Waals surface area contributed by atoms with Crippen molar-refractivity contribution < 1.29 is 23.1 Å². The zero-order valence-electron chi connectivity index (χ0n) is 16.4. The van der Waals surface area contributed by atoms with E-state index in [-0.39, 0.29) is 29.7 Å². The first-order chi connectivity index (χ1) is 14.7. The second-order valence-corrected chi connectivity index (χ2v) is 7.11. The zero-order valence-corrected chi connectivity index (χ0v) is 17.1. The van der Waals surface area contributed by atoms with Crippen LogP contribution in [0.25, 0.3) is 22.8 Å². The van der Waals surface area contributed by atoms with E-state index in [4.69, 9.17) is 11.6 Å². The summed E-state index contributed by atoms with van der Waals surface area (Å²) in [5, 5.41) is 13.0. The van der Waals surface area contributed by atoms with Crippen molar-refractivity contribution in [1.82, 2.24) is 20.3 Å². The standard InChI is InChI=1S/C21H18ClF3N4O2/c1-2-3-17(30)26-11-12-4-9-16(22)15(10-12)19-27-18(28-20(31)29-19)13-5-7-14(8-6-13)21(23,24)25/h4-10H,2-3,11H2,1H3,(H,26,30)(H,27,28,29,31). The molecule has 0 aliphatic carbocycles. The number of amides is 1. The molecule has 0 aliphatic heterocycles. The van der Waals surface area contributed by atoms with Gasteiger partial charge in [-0.05, 0) is 36.2 Å². The van der Waals surface area contributed by atoms with Crippen molar-refractivity contribution in [2.75, 3.05) is 0 Å². The Hall–Kier alpha value is -3.20. The molecule has 10 heteroatoms. The van der Waals surface area contributed by atoms with Crippen LogP contribution in [-0.4, -0.2) is 26.0 Å². The number of nitrogens with one attached hydrogen (secondary N) is 1. The van der Waals surface area contributed by atoms with Crippen LogP contribution in [0.4, 0.5) is 13.2 Å². The van der Waals surface area contributed by atoms with Crippen molar-refractivity contribution >= 4 is 17.5 Å². The predicted octanol–water partition coefficient (Wildman–Crippen LogP) is 5.00. The normalized spacial score (nSPS) is 11.4. The van der Waals surface area contributed by atoms with Crippen LogP contribution in [0.3, 0.4) is 0 Å². The fraction of sp³-hybridized carbons (Fsp3) is 0.238. The second-order valence-electron chi connectivity index (χ2n) is 6.70. The van der Waals surface area contributed by atoms with Crippen LogP contribution < -0.4 is 5.32 Å². The number of nitrogens with zero attached hydrogens (tertiary/aromatic N) is 3. The molecule has 0 spiro atoms. The maximum Gasteiger partial charge on any atom is 0.416 e. The van der Waals surface area contributed by atoms with Gasteiger partial charge in [0.05, 0.1) is 10.6 Å². The van der Waals surface area contributed by atoms with Crippen molar-refractivity contribution in [3.63, 3.8) is 0 Å². The number of rotatable bonds is 6. The predicted molar refractivity (Wildman–Crippen MR) is 109 cm³/mol. The van der Waals surface area contributed by atoms with Gasteiger partial charge in [0.2, 0.25) is 5.91 Å². The lowest BCUT2D eigenvalue weighted by Gasteiger charge is -2.10. The molecule has 0 saturated heterocycles. The van der Waals surface area contributed by atoms with Crippen LogP contribution in [0.5, 0.6) is 6.01 Å². The summed E-state index contributed by atoms with van der Waals surface area (Å²) in [6.07, 6.45) is -3.32. The lowest BCUT2D eigenvalue weighted by Crippen LogP contribution is -2.22. The molecule has 162 valence electrons. The van der Waals surface area contributed by atoms with E-state index in [9.17, 15) is 23.1 Å². The number of aromatic hydroxyl groups is 1. The molecule has 2 N–H and O–H groups in total. The Bertz CT molecular complexity index is 1090.